The van der Waals surface area contributed by atoms with Gasteiger partial charge in [0.25, 0.3) is 0 Å². The Balaban J connectivity index is 2.13. The van der Waals surface area contributed by atoms with Gasteiger partial charge in [0.15, 0.2) is 5.78 Å². The summed E-state index contributed by atoms with van der Waals surface area (Å²) < 4.78 is 13.7. The third-order valence-corrected chi connectivity index (χ3v) is 3.94. The van der Waals surface area contributed by atoms with E-state index in [2.05, 4.69) is 4.98 Å². The van der Waals surface area contributed by atoms with Crippen molar-refractivity contribution in [2.45, 2.75) is 32.6 Å². The zero-order valence-corrected chi connectivity index (χ0v) is 10.4. The number of hydrogen-bond donors (Lipinski definition) is 1. The second-order valence-corrected chi connectivity index (χ2v) is 5.13. The fourth-order valence-electron chi connectivity index (χ4n) is 3.02. The van der Waals surface area contributed by atoms with Crippen LogP contribution in [0.5, 0.6) is 0 Å². The molecular weight excluding hydrogens is 229 g/mol. The van der Waals surface area contributed by atoms with Crippen molar-refractivity contribution in [2.24, 2.45) is 5.92 Å². The van der Waals surface area contributed by atoms with Crippen molar-refractivity contribution in [2.75, 3.05) is 0 Å². The van der Waals surface area contributed by atoms with Gasteiger partial charge >= 0.3 is 0 Å². The molecule has 2 aromatic rings. The van der Waals surface area contributed by atoms with Crippen LogP contribution in [0, 0.1) is 18.7 Å². The highest BCUT2D eigenvalue weighted by Gasteiger charge is 2.27. The van der Waals surface area contributed by atoms with E-state index >= 15 is 0 Å². The molecule has 0 unspecified atom stereocenters. The van der Waals surface area contributed by atoms with Crippen LogP contribution in [0.4, 0.5) is 4.39 Å². The lowest BCUT2D eigenvalue weighted by Gasteiger charge is -2.07. The lowest BCUT2D eigenvalue weighted by Crippen LogP contribution is -2.11. The van der Waals surface area contributed by atoms with Gasteiger partial charge in [-0.2, -0.15) is 0 Å². The Morgan fingerprint density at radius 3 is 2.78 bits per heavy atom. The summed E-state index contributed by atoms with van der Waals surface area (Å²) >= 11 is 0. The Labute approximate surface area is 105 Å². The molecule has 0 spiro atoms. The SMILES string of the molecule is Cc1[nH]c2c(F)cccc2c1C(=O)C1CCCC1. The highest BCUT2D eigenvalue weighted by molar-refractivity contribution is 6.10. The number of aromatic nitrogens is 1. The predicted molar refractivity (Wildman–Crippen MR) is 69.3 cm³/mol. The predicted octanol–water partition coefficient (Wildman–Crippen LogP) is 3.99. The highest BCUT2D eigenvalue weighted by atomic mass is 19.1. The largest absolute Gasteiger partial charge is 0.356 e. The van der Waals surface area contributed by atoms with Gasteiger partial charge in [0, 0.05) is 22.6 Å². The molecule has 1 heterocycles. The van der Waals surface area contributed by atoms with Gasteiger partial charge in [-0.25, -0.2) is 4.39 Å². The lowest BCUT2D eigenvalue weighted by molar-refractivity contribution is 0.0924. The van der Waals surface area contributed by atoms with Gasteiger partial charge in [-0.05, 0) is 25.8 Å². The summed E-state index contributed by atoms with van der Waals surface area (Å²) in [6, 6.07) is 4.91. The smallest absolute Gasteiger partial charge is 0.168 e. The van der Waals surface area contributed by atoms with Crippen LogP contribution in [0.25, 0.3) is 10.9 Å². The van der Waals surface area contributed by atoms with E-state index in [1.54, 1.807) is 6.07 Å². The molecule has 3 heteroatoms. The molecule has 94 valence electrons. The van der Waals surface area contributed by atoms with E-state index in [1.807, 2.05) is 13.0 Å². The van der Waals surface area contributed by atoms with E-state index in [4.69, 9.17) is 0 Å². The van der Waals surface area contributed by atoms with E-state index in [9.17, 15) is 9.18 Å². The summed E-state index contributed by atoms with van der Waals surface area (Å²) in [6.45, 7) is 1.85. The molecule has 2 nitrogen and oxygen atoms in total. The molecule has 18 heavy (non-hydrogen) atoms. The number of carbonyl (C=O) groups is 1. The summed E-state index contributed by atoms with van der Waals surface area (Å²) in [5.74, 6) is 0.0221. The number of nitrogens with one attached hydrogen (secondary N) is 1. The number of H-pyrrole nitrogens is 1. The number of ketones is 1. The first-order valence-electron chi connectivity index (χ1n) is 6.49. The van der Waals surface area contributed by atoms with Crippen molar-refractivity contribution in [1.82, 2.24) is 4.98 Å². The quantitative estimate of drug-likeness (QED) is 0.797. The first-order chi connectivity index (χ1) is 8.68. The molecule has 1 saturated carbocycles. The van der Waals surface area contributed by atoms with Gasteiger partial charge in [-0.1, -0.05) is 25.0 Å². The van der Waals surface area contributed by atoms with Gasteiger partial charge in [0.2, 0.25) is 0 Å². The molecule has 1 aliphatic rings. The highest BCUT2D eigenvalue weighted by Crippen LogP contribution is 2.32. The van der Waals surface area contributed by atoms with Crippen molar-refractivity contribution in [1.29, 1.82) is 0 Å². The fraction of sp³-hybridized carbons (Fsp3) is 0.400. The minimum atomic E-state index is -0.291. The number of halogens is 1. The number of aromatic amines is 1. The van der Waals surface area contributed by atoms with Crippen LogP contribution in [0.3, 0.4) is 0 Å². The molecule has 1 aromatic heterocycles. The zero-order chi connectivity index (χ0) is 12.7. The number of benzene rings is 1. The van der Waals surface area contributed by atoms with Gasteiger partial charge in [0.1, 0.15) is 5.82 Å². The molecule has 1 fully saturated rings. The molecule has 0 bridgehead atoms. The molecule has 0 atom stereocenters. The van der Waals surface area contributed by atoms with E-state index in [0.29, 0.717) is 11.1 Å². The maximum absolute atomic E-state index is 13.7. The molecule has 0 aliphatic heterocycles. The number of fused-ring (bicyclic) bond motifs is 1. The fourth-order valence-corrected chi connectivity index (χ4v) is 3.02. The lowest BCUT2D eigenvalue weighted by atomic mass is 9.94. The summed E-state index contributed by atoms with van der Waals surface area (Å²) in [7, 11) is 0. The molecule has 0 radical (unpaired) electrons. The second-order valence-electron chi connectivity index (χ2n) is 5.13. The number of aryl methyl sites for hydroxylation is 1. The maximum Gasteiger partial charge on any atom is 0.168 e. The maximum atomic E-state index is 13.7. The van der Waals surface area contributed by atoms with Crippen LogP contribution in [-0.2, 0) is 0 Å². The van der Waals surface area contributed by atoms with Crippen molar-refractivity contribution in [3.63, 3.8) is 0 Å². The Morgan fingerprint density at radius 1 is 1.33 bits per heavy atom. The summed E-state index contributed by atoms with van der Waals surface area (Å²) in [4.78, 5) is 15.5. The van der Waals surface area contributed by atoms with E-state index in [0.717, 1.165) is 36.8 Å². The Kier molecular flexibility index (Phi) is 2.69. The van der Waals surface area contributed by atoms with Crippen LogP contribution in [-0.4, -0.2) is 10.8 Å². The Bertz CT molecular complexity index is 608. The normalized spacial score (nSPS) is 16.6. The molecule has 1 aliphatic carbocycles. The van der Waals surface area contributed by atoms with Crippen molar-refractivity contribution >= 4 is 16.7 Å². The third-order valence-electron chi connectivity index (χ3n) is 3.94. The van der Waals surface area contributed by atoms with Gasteiger partial charge < -0.3 is 4.98 Å². The van der Waals surface area contributed by atoms with Crippen LogP contribution in [0.2, 0.25) is 0 Å². The molecule has 0 saturated heterocycles. The van der Waals surface area contributed by atoms with Crippen molar-refractivity contribution < 1.29 is 9.18 Å². The van der Waals surface area contributed by atoms with Crippen LogP contribution >= 0.6 is 0 Å². The monoisotopic (exact) mass is 245 g/mol. The molecular formula is C15H16FNO. The van der Waals surface area contributed by atoms with Gasteiger partial charge in [-0.3, -0.25) is 4.79 Å². The van der Waals surface area contributed by atoms with E-state index in [-0.39, 0.29) is 17.5 Å². The summed E-state index contributed by atoms with van der Waals surface area (Å²) in [6.07, 6.45) is 4.21. The van der Waals surface area contributed by atoms with E-state index in [1.165, 1.54) is 6.07 Å². The molecule has 1 N–H and O–H groups in total. The van der Waals surface area contributed by atoms with Crippen molar-refractivity contribution in [3.05, 3.63) is 35.3 Å². The van der Waals surface area contributed by atoms with Gasteiger partial charge in [0.05, 0.1) is 5.52 Å². The molecule has 3 rings (SSSR count). The average molecular weight is 245 g/mol. The first-order valence-corrected chi connectivity index (χ1v) is 6.49. The van der Waals surface area contributed by atoms with Crippen LogP contribution < -0.4 is 0 Å². The molecule has 1 aromatic carbocycles. The first kappa shape index (κ1) is 11.5. The topological polar surface area (TPSA) is 32.9 Å². The van der Waals surface area contributed by atoms with Crippen LogP contribution in [0.15, 0.2) is 18.2 Å². The Hall–Kier alpha value is -1.64. The standard InChI is InChI=1S/C15H16FNO/c1-9-13(15(18)10-5-2-3-6-10)11-7-4-8-12(16)14(11)17-9/h4,7-8,10,17H,2-3,5-6H2,1H3. The van der Waals surface area contributed by atoms with Gasteiger partial charge in [-0.15, -0.1) is 0 Å². The molecule has 0 amide bonds. The minimum Gasteiger partial charge on any atom is -0.356 e. The second kappa shape index (κ2) is 4.23. The minimum absolute atomic E-state index is 0.131. The average Bonchev–Trinajstić information content (AvgIpc) is 2.96. The van der Waals surface area contributed by atoms with Crippen molar-refractivity contribution in [3.8, 4) is 0 Å². The Morgan fingerprint density at radius 2 is 2.06 bits per heavy atom. The number of carbonyl (C=O) groups excluding carboxylic acids is 1. The van der Waals surface area contributed by atoms with Crippen LogP contribution in [0.1, 0.15) is 41.7 Å². The third kappa shape index (κ3) is 1.65. The number of rotatable bonds is 2. The summed E-state index contributed by atoms with van der Waals surface area (Å²) in [5, 5.41) is 0.726. The zero-order valence-electron chi connectivity index (χ0n) is 10.4. The number of para-hydroxylation sites is 1. The summed E-state index contributed by atoms with van der Waals surface area (Å²) in [5.41, 5.74) is 1.93. The van der Waals surface area contributed by atoms with E-state index < -0.39 is 0 Å². The number of Topliss-reactive ketones (excluding diaryl/α,β-unsaturated/α-hetero) is 1. The number of hydrogen-bond acceptors (Lipinski definition) is 1.